The topological polar surface area (TPSA) is 66.8 Å². The van der Waals surface area contributed by atoms with Gasteiger partial charge in [-0.15, -0.1) is 0 Å². The van der Waals surface area contributed by atoms with Crippen molar-refractivity contribution in [3.8, 4) is 22.6 Å². The van der Waals surface area contributed by atoms with Crippen molar-refractivity contribution in [2.45, 2.75) is 12.6 Å². The number of hydrogen-bond donors (Lipinski definition) is 2. The lowest BCUT2D eigenvalue weighted by Crippen LogP contribution is -2.03. The van der Waals surface area contributed by atoms with Crippen LogP contribution < -0.4 is 4.74 Å². The molecule has 7 heteroatoms. The van der Waals surface area contributed by atoms with Crippen LogP contribution in [-0.2, 0) is 17.4 Å². The second-order valence-corrected chi connectivity index (χ2v) is 6.76. The molecule has 0 aromatic heterocycles. The first-order valence-corrected chi connectivity index (χ1v) is 9.34. The van der Waals surface area contributed by atoms with E-state index < -0.39 is 17.7 Å². The van der Waals surface area contributed by atoms with Crippen molar-refractivity contribution in [3.05, 3.63) is 89.5 Å². The first-order chi connectivity index (χ1) is 14.7. The largest absolute Gasteiger partial charge is 0.504 e. The van der Waals surface area contributed by atoms with E-state index in [1.165, 1.54) is 12.1 Å². The number of alkyl halides is 3. The third-order valence-corrected chi connectivity index (χ3v) is 4.48. The molecule has 0 fully saturated rings. The second-order valence-electron chi connectivity index (χ2n) is 6.76. The first-order valence-electron chi connectivity index (χ1n) is 9.34. The quantitative estimate of drug-likeness (QED) is 0.499. The molecule has 0 bridgehead atoms. The van der Waals surface area contributed by atoms with Gasteiger partial charge in [0.05, 0.1) is 12.0 Å². The zero-order valence-electron chi connectivity index (χ0n) is 16.3. The minimum Gasteiger partial charge on any atom is -0.504 e. The van der Waals surface area contributed by atoms with Gasteiger partial charge in [0.25, 0.3) is 0 Å². The molecule has 2 N–H and O–H groups in total. The number of rotatable bonds is 7. The van der Waals surface area contributed by atoms with E-state index in [1.807, 2.05) is 0 Å². The number of ether oxygens (including phenoxy) is 1. The smallest absolute Gasteiger partial charge is 0.416 e. The summed E-state index contributed by atoms with van der Waals surface area (Å²) in [6.45, 7) is 0.0943. The molecule has 3 rings (SSSR count). The summed E-state index contributed by atoms with van der Waals surface area (Å²) >= 11 is 0. The molecule has 3 aromatic carbocycles. The minimum atomic E-state index is -4.37. The summed E-state index contributed by atoms with van der Waals surface area (Å²) in [7, 11) is 0. The van der Waals surface area contributed by atoms with Crippen LogP contribution in [0.2, 0.25) is 0 Å². The standard InChI is InChI=1S/C24H19F3O4/c25-24(26,27)19-11-9-16(10-12-19)5-3-13-31-21-8-2-7-20(23(21)30)18-6-1-4-17(14-18)15-22(28)29/h1-12,14,30H,13,15H2,(H,28,29)/b5-3+. The van der Waals surface area contributed by atoms with Gasteiger partial charge in [0.15, 0.2) is 11.5 Å². The molecule has 0 amide bonds. The molecule has 0 saturated heterocycles. The molecule has 0 unspecified atom stereocenters. The SMILES string of the molecule is O=C(O)Cc1cccc(-c2cccc(OC/C=C/c3ccc(C(F)(F)F)cc3)c2O)c1. The molecule has 0 aliphatic rings. The van der Waals surface area contributed by atoms with Crippen LogP contribution >= 0.6 is 0 Å². The molecule has 0 radical (unpaired) electrons. The van der Waals surface area contributed by atoms with Crippen LogP contribution in [0.3, 0.4) is 0 Å². The molecule has 3 aromatic rings. The number of halogens is 3. The number of hydrogen-bond acceptors (Lipinski definition) is 3. The van der Waals surface area contributed by atoms with Gasteiger partial charge < -0.3 is 14.9 Å². The highest BCUT2D eigenvalue weighted by Gasteiger charge is 2.29. The summed E-state index contributed by atoms with van der Waals surface area (Å²) in [6.07, 6.45) is -1.25. The second kappa shape index (κ2) is 9.38. The van der Waals surface area contributed by atoms with Crippen LogP contribution in [-0.4, -0.2) is 22.8 Å². The van der Waals surface area contributed by atoms with Crippen molar-refractivity contribution in [1.82, 2.24) is 0 Å². The number of carboxylic acids is 1. The fourth-order valence-electron chi connectivity index (χ4n) is 3.00. The lowest BCUT2D eigenvalue weighted by Gasteiger charge is -2.11. The van der Waals surface area contributed by atoms with Crippen LogP contribution in [0, 0.1) is 0 Å². The molecule has 0 spiro atoms. The summed E-state index contributed by atoms with van der Waals surface area (Å²) in [5, 5.41) is 19.5. The van der Waals surface area contributed by atoms with Crippen LogP contribution in [0.5, 0.6) is 11.5 Å². The van der Waals surface area contributed by atoms with Gasteiger partial charge in [-0.1, -0.05) is 54.6 Å². The average Bonchev–Trinajstić information content (AvgIpc) is 2.71. The van der Waals surface area contributed by atoms with Crippen molar-refractivity contribution in [2.24, 2.45) is 0 Å². The molecule has 160 valence electrons. The van der Waals surface area contributed by atoms with Gasteiger partial charge in [0.2, 0.25) is 0 Å². The Morgan fingerprint density at radius 2 is 1.71 bits per heavy atom. The van der Waals surface area contributed by atoms with E-state index in [0.717, 1.165) is 12.1 Å². The van der Waals surface area contributed by atoms with Crippen molar-refractivity contribution < 1.29 is 32.9 Å². The van der Waals surface area contributed by atoms with Crippen molar-refractivity contribution in [2.75, 3.05) is 6.61 Å². The van der Waals surface area contributed by atoms with Gasteiger partial charge in [0, 0.05) is 5.56 Å². The van der Waals surface area contributed by atoms with E-state index in [9.17, 15) is 23.1 Å². The molecule has 0 aliphatic carbocycles. The number of benzene rings is 3. The lowest BCUT2D eigenvalue weighted by atomic mass is 10.0. The fourth-order valence-corrected chi connectivity index (χ4v) is 3.00. The molecule has 0 atom stereocenters. The summed E-state index contributed by atoms with van der Waals surface area (Å²) < 4.78 is 43.4. The van der Waals surface area contributed by atoms with Gasteiger partial charge in [-0.2, -0.15) is 13.2 Å². The monoisotopic (exact) mass is 428 g/mol. The number of phenolic OH excluding ortho intramolecular Hbond substituents is 1. The Hall–Kier alpha value is -3.74. The van der Waals surface area contributed by atoms with E-state index in [2.05, 4.69) is 0 Å². The van der Waals surface area contributed by atoms with E-state index in [1.54, 1.807) is 54.6 Å². The van der Waals surface area contributed by atoms with Crippen molar-refractivity contribution >= 4 is 12.0 Å². The van der Waals surface area contributed by atoms with Crippen LogP contribution in [0.15, 0.2) is 72.8 Å². The molecular weight excluding hydrogens is 409 g/mol. The fraction of sp³-hybridized carbons (Fsp3) is 0.125. The zero-order chi connectivity index (χ0) is 22.4. The Bertz CT molecular complexity index is 1090. The number of phenols is 1. The molecule has 0 saturated carbocycles. The predicted molar refractivity (Wildman–Crippen MR) is 111 cm³/mol. The Morgan fingerprint density at radius 1 is 1.00 bits per heavy atom. The Morgan fingerprint density at radius 3 is 2.39 bits per heavy atom. The zero-order valence-corrected chi connectivity index (χ0v) is 16.3. The van der Waals surface area contributed by atoms with Crippen LogP contribution in [0.25, 0.3) is 17.2 Å². The van der Waals surface area contributed by atoms with Gasteiger partial charge in [-0.05, 0) is 41.0 Å². The van der Waals surface area contributed by atoms with Gasteiger partial charge in [-0.3, -0.25) is 4.79 Å². The summed E-state index contributed by atoms with van der Waals surface area (Å²) in [5.41, 5.74) is 1.63. The molecule has 31 heavy (non-hydrogen) atoms. The summed E-state index contributed by atoms with van der Waals surface area (Å²) in [5.74, 6) is -0.797. The van der Waals surface area contributed by atoms with Crippen molar-refractivity contribution in [3.63, 3.8) is 0 Å². The van der Waals surface area contributed by atoms with E-state index in [4.69, 9.17) is 9.84 Å². The molecule has 0 heterocycles. The summed E-state index contributed by atoms with van der Waals surface area (Å²) in [6, 6.07) is 16.6. The Labute approximate surface area is 176 Å². The highest BCUT2D eigenvalue weighted by molar-refractivity contribution is 5.76. The molecular formula is C24H19F3O4. The maximum atomic E-state index is 12.6. The van der Waals surface area contributed by atoms with E-state index >= 15 is 0 Å². The minimum absolute atomic E-state index is 0.0853. The van der Waals surface area contributed by atoms with Crippen LogP contribution in [0.1, 0.15) is 16.7 Å². The van der Waals surface area contributed by atoms with Gasteiger partial charge in [-0.25, -0.2) is 0 Å². The number of carbonyl (C=O) groups is 1. The molecule has 0 aliphatic heterocycles. The van der Waals surface area contributed by atoms with E-state index in [0.29, 0.717) is 22.3 Å². The third kappa shape index (κ3) is 5.88. The number of para-hydroxylation sites is 1. The maximum Gasteiger partial charge on any atom is 0.416 e. The van der Waals surface area contributed by atoms with E-state index in [-0.39, 0.29) is 24.5 Å². The third-order valence-electron chi connectivity index (χ3n) is 4.48. The normalized spacial score (nSPS) is 11.6. The van der Waals surface area contributed by atoms with Gasteiger partial charge >= 0.3 is 12.1 Å². The van der Waals surface area contributed by atoms with Gasteiger partial charge in [0.1, 0.15) is 6.61 Å². The number of carboxylic acid groups (broad SMARTS) is 1. The van der Waals surface area contributed by atoms with Crippen LogP contribution in [0.4, 0.5) is 13.2 Å². The number of aliphatic carboxylic acids is 1. The molecule has 4 nitrogen and oxygen atoms in total. The lowest BCUT2D eigenvalue weighted by molar-refractivity contribution is -0.138. The Kier molecular flexibility index (Phi) is 6.65. The predicted octanol–water partition coefficient (Wildman–Crippen LogP) is 5.80. The number of aromatic hydroxyl groups is 1. The highest BCUT2D eigenvalue weighted by atomic mass is 19.4. The first kappa shape index (κ1) is 22.0. The Balaban J connectivity index is 1.68. The maximum absolute atomic E-state index is 12.6. The average molecular weight is 428 g/mol. The van der Waals surface area contributed by atoms with Crippen molar-refractivity contribution in [1.29, 1.82) is 0 Å². The summed E-state index contributed by atoms with van der Waals surface area (Å²) in [4.78, 5) is 10.9. The highest BCUT2D eigenvalue weighted by Crippen LogP contribution is 2.37.